The van der Waals surface area contributed by atoms with Crippen LogP contribution in [0, 0.1) is 5.82 Å². The van der Waals surface area contributed by atoms with Crippen molar-refractivity contribution in [2.75, 3.05) is 11.4 Å². The molecule has 0 radical (unpaired) electrons. The maximum Gasteiger partial charge on any atom is 0.337 e. The van der Waals surface area contributed by atoms with Gasteiger partial charge >= 0.3 is 5.97 Å². The summed E-state index contributed by atoms with van der Waals surface area (Å²) in [5, 5.41) is 10.2. The van der Waals surface area contributed by atoms with E-state index in [1.165, 1.54) is 24.3 Å². The van der Waals surface area contributed by atoms with E-state index in [1.807, 2.05) is 24.3 Å². The standard InChI is InChI=1S/C29H29Cl2FN2O3.ClH/c1-28(2,3)19-8-6-17(7-9-19)16-29(27(33)37,20-10-11-24(32)23(31)14-20)34-12-4-5-18-13-21(30)15-22(25(18)34)26(35)36;/h6-11,13-15H,4-5,12,16H2,1-3H3,(H2,33,37)(H,35,36);1H. The smallest absolute Gasteiger partial charge is 0.337 e. The van der Waals surface area contributed by atoms with E-state index in [-0.39, 0.29) is 34.8 Å². The average Bonchev–Trinajstić information content (AvgIpc) is 2.83. The highest BCUT2D eigenvalue weighted by Gasteiger charge is 2.47. The minimum atomic E-state index is -1.55. The van der Waals surface area contributed by atoms with Crippen LogP contribution in [0.25, 0.3) is 0 Å². The fourth-order valence-electron chi connectivity index (χ4n) is 5.14. The van der Waals surface area contributed by atoms with Gasteiger partial charge in [0.25, 0.3) is 0 Å². The number of carbonyl (C=O) groups excluding carboxylic acids is 1. The van der Waals surface area contributed by atoms with Gasteiger partial charge in [-0.25, -0.2) is 9.18 Å². The molecular formula is C29H30Cl3FN2O3. The van der Waals surface area contributed by atoms with Crippen LogP contribution in [-0.4, -0.2) is 23.5 Å². The summed E-state index contributed by atoms with van der Waals surface area (Å²) in [6.45, 7) is 6.69. The predicted molar refractivity (Wildman–Crippen MR) is 152 cm³/mol. The maximum atomic E-state index is 14.2. The fourth-order valence-corrected chi connectivity index (χ4v) is 5.56. The van der Waals surface area contributed by atoms with Crippen LogP contribution in [-0.2, 0) is 28.6 Å². The van der Waals surface area contributed by atoms with Crippen molar-refractivity contribution in [2.24, 2.45) is 5.73 Å². The van der Waals surface area contributed by atoms with E-state index in [4.69, 9.17) is 28.9 Å². The number of amides is 1. The number of aromatic carboxylic acids is 1. The van der Waals surface area contributed by atoms with Gasteiger partial charge in [-0.3, -0.25) is 4.79 Å². The van der Waals surface area contributed by atoms with Gasteiger partial charge in [0.1, 0.15) is 11.4 Å². The van der Waals surface area contributed by atoms with Crippen molar-refractivity contribution in [1.82, 2.24) is 0 Å². The Morgan fingerprint density at radius 3 is 2.21 bits per heavy atom. The van der Waals surface area contributed by atoms with Crippen molar-refractivity contribution in [3.8, 4) is 0 Å². The number of aryl methyl sites for hydroxylation is 1. The quantitative estimate of drug-likeness (QED) is 0.332. The van der Waals surface area contributed by atoms with Crippen LogP contribution in [0.3, 0.4) is 0 Å². The number of carboxylic acids is 1. The molecule has 5 nitrogen and oxygen atoms in total. The monoisotopic (exact) mass is 578 g/mol. The molecule has 3 aromatic rings. The highest BCUT2D eigenvalue weighted by molar-refractivity contribution is 6.31. The van der Waals surface area contributed by atoms with Crippen LogP contribution in [0.5, 0.6) is 0 Å². The Hall–Kier alpha value is -2.80. The molecule has 4 rings (SSSR count). The molecule has 0 fully saturated rings. The van der Waals surface area contributed by atoms with Gasteiger partial charge in [0, 0.05) is 18.0 Å². The van der Waals surface area contributed by atoms with Crippen LogP contribution in [0.4, 0.5) is 10.1 Å². The number of carbonyl (C=O) groups is 2. The van der Waals surface area contributed by atoms with Crippen LogP contribution >= 0.6 is 35.6 Å². The first-order valence-electron chi connectivity index (χ1n) is 12.0. The van der Waals surface area contributed by atoms with Gasteiger partial charge in [0.05, 0.1) is 16.3 Å². The van der Waals surface area contributed by atoms with Crippen LogP contribution in [0.2, 0.25) is 10.0 Å². The van der Waals surface area contributed by atoms with E-state index in [0.717, 1.165) is 11.1 Å². The first-order valence-corrected chi connectivity index (χ1v) is 12.8. The highest BCUT2D eigenvalue weighted by atomic mass is 35.5. The second-order valence-corrected chi connectivity index (χ2v) is 11.3. The molecule has 9 heteroatoms. The first-order chi connectivity index (χ1) is 17.3. The zero-order valence-electron chi connectivity index (χ0n) is 21.4. The molecule has 0 saturated heterocycles. The van der Waals surface area contributed by atoms with Gasteiger partial charge < -0.3 is 15.7 Å². The van der Waals surface area contributed by atoms with Crippen molar-refractivity contribution < 1.29 is 19.1 Å². The molecule has 3 N–H and O–H groups in total. The van der Waals surface area contributed by atoms with Crippen LogP contribution < -0.4 is 10.6 Å². The largest absolute Gasteiger partial charge is 0.478 e. The Morgan fingerprint density at radius 1 is 1.03 bits per heavy atom. The number of nitrogens with two attached hydrogens (primary N) is 1. The summed E-state index contributed by atoms with van der Waals surface area (Å²) in [6, 6.07) is 15.1. The van der Waals surface area contributed by atoms with Gasteiger partial charge in [-0.15, -0.1) is 12.4 Å². The summed E-state index contributed by atoms with van der Waals surface area (Å²) >= 11 is 12.4. The summed E-state index contributed by atoms with van der Waals surface area (Å²) in [6.07, 6.45) is 1.35. The molecule has 202 valence electrons. The normalized spacial score (nSPS) is 14.7. The number of nitrogens with zero attached hydrogens (tertiary/aromatic N) is 1. The number of rotatable bonds is 6. The number of hydrogen-bond acceptors (Lipinski definition) is 3. The van der Waals surface area contributed by atoms with Gasteiger partial charge in [-0.1, -0.05) is 74.3 Å². The zero-order chi connectivity index (χ0) is 27.1. The molecule has 1 unspecified atom stereocenters. The van der Waals surface area contributed by atoms with Gasteiger partial charge in [0.2, 0.25) is 5.91 Å². The molecular weight excluding hydrogens is 550 g/mol. The lowest BCUT2D eigenvalue weighted by molar-refractivity contribution is -0.123. The van der Waals surface area contributed by atoms with E-state index in [1.54, 1.807) is 11.0 Å². The zero-order valence-corrected chi connectivity index (χ0v) is 23.7. The van der Waals surface area contributed by atoms with Gasteiger partial charge in [-0.05, 0) is 64.8 Å². The first kappa shape index (κ1) is 29.8. The molecule has 0 aromatic heterocycles. The Balaban J connectivity index is 0.00000400. The maximum absolute atomic E-state index is 14.2. The van der Waals surface area contributed by atoms with Gasteiger partial charge in [-0.2, -0.15) is 0 Å². The number of fused-ring (bicyclic) bond motifs is 1. The topological polar surface area (TPSA) is 83.6 Å². The predicted octanol–water partition coefficient (Wildman–Crippen LogP) is 6.93. The number of carboxylic acid groups (broad SMARTS) is 1. The molecule has 3 aromatic carbocycles. The van der Waals surface area contributed by atoms with Crippen LogP contribution in [0.15, 0.2) is 54.6 Å². The fraction of sp³-hybridized carbons (Fsp3) is 0.310. The lowest BCUT2D eigenvalue weighted by Gasteiger charge is -2.47. The average molecular weight is 580 g/mol. The van der Waals surface area contributed by atoms with E-state index < -0.39 is 23.2 Å². The minimum absolute atomic E-state index is 0. The number of benzene rings is 3. The highest BCUT2D eigenvalue weighted by Crippen LogP contribution is 2.44. The Labute approximate surface area is 238 Å². The number of hydrogen-bond donors (Lipinski definition) is 2. The van der Waals surface area contributed by atoms with Gasteiger partial charge in [0.15, 0.2) is 0 Å². The molecule has 1 amide bonds. The molecule has 1 heterocycles. The van der Waals surface area contributed by atoms with Crippen molar-refractivity contribution in [3.05, 3.63) is 98.3 Å². The van der Waals surface area contributed by atoms with Crippen molar-refractivity contribution in [3.63, 3.8) is 0 Å². The minimum Gasteiger partial charge on any atom is -0.478 e. The summed E-state index contributed by atoms with van der Waals surface area (Å²) in [5.74, 6) is -2.50. The molecule has 38 heavy (non-hydrogen) atoms. The molecule has 1 atom stereocenters. The lowest BCUT2D eigenvalue weighted by Crippen LogP contribution is -2.58. The molecule has 1 aliphatic heterocycles. The summed E-state index contributed by atoms with van der Waals surface area (Å²) in [4.78, 5) is 27.6. The third-order valence-electron chi connectivity index (χ3n) is 7.03. The van der Waals surface area contributed by atoms with E-state index in [2.05, 4.69) is 20.8 Å². The number of halogens is 4. The second-order valence-electron chi connectivity index (χ2n) is 10.5. The molecule has 0 saturated carbocycles. The molecule has 0 bridgehead atoms. The third kappa shape index (κ3) is 5.49. The molecule has 0 aliphatic carbocycles. The summed E-state index contributed by atoms with van der Waals surface area (Å²) < 4.78 is 14.2. The number of primary amides is 1. The molecule has 0 spiro atoms. The lowest BCUT2D eigenvalue weighted by atomic mass is 9.78. The van der Waals surface area contributed by atoms with Crippen molar-refractivity contribution >= 4 is 53.2 Å². The van der Waals surface area contributed by atoms with Crippen molar-refractivity contribution in [1.29, 1.82) is 0 Å². The Bertz CT molecular complexity index is 1370. The third-order valence-corrected chi connectivity index (χ3v) is 7.54. The SMILES string of the molecule is CC(C)(C)c1ccc(CC(C(N)=O)(c2ccc(F)c(Cl)c2)N2CCCc3cc(Cl)cc(C(=O)O)c32)cc1.Cl. The van der Waals surface area contributed by atoms with E-state index in [9.17, 15) is 19.1 Å². The molecule has 1 aliphatic rings. The van der Waals surface area contributed by atoms with Crippen molar-refractivity contribution in [2.45, 2.75) is 51.0 Å². The van der Waals surface area contributed by atoms with E-state index >= 15 is 0 Å². The second kappa shape index (κ2) is 11.1. The summed E-state index contributed by atoms with van der Waals surface area (Å²) in [5.41, 5.74) is 7.96. The van der Waals surface area contributed by atoms with Crippen LogP contribution in [0.1, 0.15) is 59.8 Å². The Kier molecular flexibility index (Phi) is 8.71. The number of anilines is 1. The van der Waals surface area contributed by atoms with E-state index in [0.29, 0.717) is 41.2 Å². The Morgan fingerprint density at radius 2 is 1.66 bits per heavy atom. The summed E-state index contributed by atoms with van der Waals surface area (Å²) in [7, 11) is 0.